The Morgan fingerprint density at radius 1 is 0.625 bits per heavy atom. The van der Waals surface area contributed by atoms with Crippen molar-refractivity contribution >= 4 is 11.9 Å². The summed E-state index contributed by atoms with van der Waals surface area (Å²) in [4.78, 5) is 22.3. The topological polar surface area (TPSA) is 72.8 Å². The molecule has 0 heterocycles. The van der Waals surface area contributed by atoms with E-state index >= 15 is 0 Å². The van der Waals surface area contributed by atoms with Gasteiger partial charge in [-0.05, 0) is 162 Å². The molecule has 0 amide bonds. The lowest BCUT2D eigenvalue weighted by Crippen LogP contribution is -2.48. The molecular weight excluding hydrogens is 693 g/mol. The van der Waals surface area contributed by atoms with Crippen LogP contribution in [0.5, 0.6) is 5.75 Å². The minimum absolute atomic E-state index is 0.123. The third kappa shape index (κ3) is 8.62. The average molecular weight is 755 g/mol. The first kappa shape index (κ1) is 39.8. The molecule has 0 aliphatic heterocycles. The maximum absolute atomic E-state index is 11.6. The lowest BCUT2D eigenvalue weighted by atomic mass is 9.48. The molecule has 0 aromatic heterocycles. The number of carbonyl (C=O) groups is 2. The summed E-state index contributed by atoms with van der Waals surface area (Å²) in [5.74, 6) is 2.94. The summed E-state index contributed by atoms with van der Waals surface area (Å²) < 4.78 is 10.9. The molecule has 296 valence electrons. The zero-order valence-corrected chi connectivity index (χ0v) is 34.6. The molecule has 5 aliphatic carbocycles. The van der Waals surface area contributed by atoms with Crippen molar-refractivity contribution < 1.29 is 24.2 Å². The number of benzene rings is 4. The summed E-state index contributed by atoms with van der Waals surface area (Å²) in [7, 11) is 1.82. The highest BCUT2D eigenvalue weighted by Gasteiger charge is 2.52. The minimum Gasteiger partial charge on any atom is -0.496 e. The third-order valence-corrected chi connectivity index (χ3v) is 13.8. The fraction of sp³-hybridized carbons (Fsp3) is 0.490. The van der Waals surface area contributed by atoms with Crippen molar-refractivity contribution in [2.24, 2.45) is 17.8 Å². The van der Waals surface area contributed by atoms with Gasteiger partial charge < -0.3 is 14.6 Å². The molecule has 4 aromatic carbocycles. The van der Waals surface area contributed by atoms with Crippen LogP contribution in [0.3, 0.4) is 0 Å². The number of aliphatic carboxylic acids is 1. The van der Waals surface area contributed by atoms with E-state index in [0.717, 1.165) is 35.5 Å². The Bertz CT molecular complexity index is 1980. The number of carboxylic acids is 1. The van der Waals surface area contributed by atoms with Gasteiger partial charge in [-0.2, -0.15) is 0 Å². The first-order chi connectivity index (χ1) is 26.8. The van der Waals surface area contributed by atoms with E-state index in [1.54, 1.807) is 0 Å². The number of carbonyl (C=O) groups excluding carboxylic acids is 1. The largest absolute Gasteiger partial charge is 0.496 e. The highest BCUT2D eigenvalue weighted by molar-refractivity contribution is 5.71. The van der Waals surface area contributed by atoms with Gasteiger partial charge in [0.1, 0.15) is 5.75 Å². The van der Waals surface area contributed by atoms with Gasteiger partial charge in [-0.25, -0.2) is 0 Å². The van der Waals surface area contributed by atoms with Crippen LogP contribution in [-0.2, 0) is 43.4 Å². The van der Waals surface area contributed by atoms with Crippen molar-refractivity contribution in [3.8, 4) is 28.0 Å². The Labute approximate surface area is 335 Å². The first-order valence-electron chi connectivity index (χ1n) is 21.2. The van der Waals surface area contributed by atoms with Crippen molar-refractivity contribution in [3.05, 3.63) is 113 Å². The number of rotatable bonds is 11. The molecule has 0 unspecified atom stereocenters. The molecular formula is C51H62O5. The fourth-order valence-corrected chi connectivity index (χ4v) is 11.0. The van der Waals surface area contributed by atoms with Crippen molar-refractivity contribution in [1.82, 2.24) is 0 Å². The molecule has 5 heteroatoms. The van der Waals surface area contributed by atoms with E-state index in [4.69, 9.17) is 14.6 Å². The summed E-state index contributed by atoms with van der Waals surface area (Å²) in [5, 5.41) is 8.81. The van der Waals surface area contributed by atoms with Crippen molar-refractivity contribution in [2.75, 3.05) is 13.7 Å². The zero-order chi connectivity index (χ0) is 39.7. The Hall–Kier alpha value is -4.38. The maximum atomic E-state index is 11.6. The van der Waals surface area contributed by atoms with E-state index in [0.29, 0.717) is 24.9 Å². The molecule has 5 aliphatic rings. The summed E-state index contributed by atoms with van der Waals surface area (Å²) in [6, 6.07) is 30.7. The quantitative estimate of drug-likeness (QED) is 0.154. The molecule has 0 radical (unpaired) electrons. The predicted molar refractivity (Wildman–Crippen MR) is 226 cm³/mol. The van der Waals surface area contributed by atoms with Gasteiger partial charge in [0.2, 0.25) is 0 Å². The molecule has 0 spiro atoms. The number of fused-ring (bicyclic) bond motifs is 1. The van der Waals surface area contributed by atoms with Crippen LogP contribution in [0, 0.1) is 17.8 Å². The zero-order valence-electron chi connectivity index (χ0n) is 34.6. The van der Waals surface area contributed by atoms with Crippen LogP contribution in [0.1, 0.15) is 127 Å². The van der Waals surface area contributed by atoms with E-state index in [1.165, 1.54) is 95.9 Å². The second-order valence-electron chi connectivity index (χ2n) is 18.7. The van der Waals surface area contributed by atoms with Gasteiger partial charge in [0, 0.05) is 18.4 Å². The fourth-order valence-electron chi connectivity index (χ4n) is 11.0. The lowest BCUT2D eigenvalue weighted by molar-refractivity contribution is -0.143. The molecule has 56 heavy (non-hydrogen) atoms. The number of hydrogen-bond donors (Lipinski definition) is 1. The van der Waals surface area contributed by atoms with E-state index in [-0.39, 0.29) is 23.2 Å². The van der Waals surface area contributed by atoms with Crippen molar-refractivity contribution in [2.45, 2.75) is 128 Å². The molecule has 4 fully saturated rings. The summed E-state index contributed by atoms with van der Waals surface area (Å²) in [5.41, 5.74) is 12.3. The van der Waals surface area contributed by atoms with E-state index in [1.807, 2.05) is 26.2 Å². The SMILES string of the molecule is CC1(C)CCC(C)(C)c2cc(-c3ccc(CCC(=O)O)cc3)ccc21.CCOC(=O)CCc1ccc(-c2ccc(OC)c(C34CC5CC(CC(C5)C3)C4)c2)cc1. The van der Waals surface area contributed by atoms with Crippen LogP contribution in [0.4, 0.5) is 0 Å². The smallest absolute Gasteiger partial charge is 0.306 e. The van der Waals surface area contributed by atoms with Crippen LogP contribution < -0.4 is 4.74 Å². The van der Waals surface area contributed by atoms with Crippen LogP contribution in [0.2, 0.25) is 0 Å². The highest BCUT2D eigenvalue weighted by atomic mass is 16.5. The van der Waals surface area contributed by atoms with Crippen LogP contribution in [0.15, 0.2) is 84.9 Å². The first-order valence-corrected chi connectivity index (χ1v) is 21.2. The molecule has 4 saturated carbocycles. The molecule has 9 rings (SSSR count). The number of ether oxygens (including phenoxy) is 2. The number of carboxylic acid groups (broad SMARTS) is 1. The van der Waals surface area contributed by atoms with Gasteiger partial charge in [0.25, 0.3) is 0 Å². The Balaban J connectivity index is 0.000000176. The van der Waals surface area contributed by atoms with E-state index in [9.17, 15) is 9.59 Å². The summed E-state index contributed by atoms with van der Waals surface area (Å²) in [6.07, 6.45) is 12.7. The second-order valence-corrected chi connectivity index (χ2v) is 18.7. The molecule has 1 N–H and O–H groups in total. The monoisotopic (exact) mass is 754 g/mol. The summed E-state index contributed by atoms with van der Waals surface area (Å²) in [6.45, 7) is 11.7. The van der Waals surface area contributed by atoms with Crippen LogP contribution in [-0.4, -0.2) is 30.8 Å². The predicted octanol–water partition coefficient (Wildman–Crippen LogP) is 12.0. The maximum Gasteiger partial charge on any atom is 0.306 e. The number of esters is 1. The number of hydrogen-bond acceptors (Lipinski definition) is 4. The van der Waals surface area contributed by atoms with Crippen LogP contribution >= 0.6 is 0 Å². The number of methoxy groups -OCH3 is 1. The van der Waals surface area contributed by atoms with Gasteiger partial charge in [-0.3, -0.25) is 9.59 Å². The van der Waals surface area contributed by atoms with Crippen molar-refractivity contribution in [1.29, 1.82) is 0 Å². The Kier molecular flexibility index (Phi) is 11.5. The molecule has 5 nitrogen and oxygen atoms in total. The average Bonchev–Trinajstić information content (AvgIpc) is 3.18. The highest BCUT2D eigenvalue weighted by Crippen LogP contribution is 2.62. The van der Waals surface area contributed by atoms with Gasteiger partial charge >= 0.3 is 11.9 Å². The minimum atomic E-state index is -0.747. The molecule has 4 aromatic rings. The van der Waals surface area contributed by atoms with Crippen molar-refractivity contribution in [3.63, 3.8) is 0 Å². The summed E-state index contributed by atoms with van der Waals surface area (Å²) >= 11 is 0. The third-order valence-electron chi connectivity index (χ3n) is 13.8. The van der Waals surface area contributed by atoms with Crippen LogP contribution in [0.25, 0.3) is 22.3 Å². The molecule has 0 atom stereocenters. The standard InChI is InChI=1S/C28H34O3.C23H28O2/c1-3-31-27(29)11-6-19-4-7-23(8-5-19)24-9-10-26(30-2)25(15-24)28-16-20-12-21(17-28)14-22(13-20)18-28;1-22(2)13-14-23(3,4)20-15-18(10-11-19(20)22)17-8-5-16(6-9-17)7-12-21(24)25/h4-5,7-10,15,20-22H,3,6,11-14,16-18H2,1-2H3;5-6,8-11,15H,7,12-14H2,1-4H3,(H,24,25). The van der Waals surface area contributed by atoms with Gasteiger partial charge in [0.15, 0.2) is 0 Å². The molecule has 0 saturated heterocycles. The molecule has 4 bridgehead atoms. The second kappa shape index (κ2) is 16.2. The normalized spacial score (nSPS) is 23.7. The van der Waals surface area contributed by atoms with Gasteiger partial charge in [-0.15, -0.1) is 0 Å². The number of aryl methyl sites for hydroxylation is 2. The Morgan fingerprint density at radius 3 is 1.59 bits per heavy atom. The van der Waals surface area contributed by atoms with Gasteiger partial charge in [-0.1, -0.05) is 100 Å². The lowest BCUT2D eigenvalue weighted by Gasteiger charge is -2.57. The van der Waals surface area contributed by atoms with Gasteiger partial charge in [0.05, 0.1) is 13.7 Å². The van der Waals surface area contributed by atoms with E-state index in [2.05, 4.69) is 100 Å². The van der Waals surface area contributed by atoms with E-state index < -0.39 is 5.97 Å². The Morgan fingerprint density at radius 2 is 1.09 bits per heavy atom.